The summed E-state index contributed by atoms with van der Waals surface area (Å²) in [5.41, 5.74) is 1.15. The summed E-state index contributed by atoms with van der Waals surface area (Å²) >= 11 is 1.67. The van der Waals surface area contributed by atoms with Gasteiger partial charge in [0.2, 0.25) is 0 Å². The molecule has 2 aromatic rings. The van der Waals surface area contributed by atoms with E-state index in [0.29, 0.717) is 6.42 Å². The van der Waals surface area contributed by atoms with Gasteiger partial charge in [0, 0.05) is 11.1 Å². The van der Waals surface area contributed by atoms with E-state index >= 15 is 0 Å². The standard InChI is InChI=1S/C11H10O2S.CH4/c12-11(13)6-5-8-7-14-10-4-2-1-3-9(8)10;/h1-4,7H,5-6H2,(H,12,13);1H4. The number of aryl methyl sites for hydroxylation is 1. The van der Waals surface area contributed by atoms with Crippen molar-refractivity contribution in [2.24, 2.45) is 0 Å². The average molecular weight is 222 g/mol. The van der Waals surface area contributed by atoms with Gasteiger partial charge in [-0.05, 0) is 28.8 Å². The Morgan fingerprint density at radius 1 is 1.33 bits per heavy atom. The van der Waals surface area contributed by atoms with Crippen LogP contribution in [0.15, 0.2) is 29.6 Å². The number of hydrogen-bond donors (Lipinski definition) is 1. The Balaban J connectivity index is 0.00000112. The van der Waals surface area contributed by atoms with Gasteiger partial charge in [0.1, 0.15) is 0 Å². The molecule has 1 N–H and O–H groups in total. The van der Waals surface area contributed by atoms with Crippen molar-refractivity contribution >= 4 is 27.4 Å². The minimum absolute atomic E-state index is 0. The maximum absolute atomic E-state index is 10.4. The van der Waals surface area contributed by atoms with Crippen LogP contribution in [0.5, 0.6) is 0 Å². The second-order valence-electron chi connectivity index (χ2n) is 3.15. The van der Waals surface area contributed by atoms with Crippen LogP contribution in [0, 0.1) is 0 Å². The smallest absolute Gasteiger partial charge is 0.303 e. The van der Waals surface area contributed by atoms with E-state index in [4.69, 9.17) is 5.11 Å². The van der Waals surface area contributed by atoms with Crippen molar-refractivity contribution in [2.45, 2.75) is 20.3 Å². The fourth-order valence-electron chi connectivity index (χ4n) is 1.47. The normalized spacial score (nSPS) is 9.87. The van der Waals surface area contributed by atoms with Crippen molar-refractivity contribution < 1.29 is 9.90 Å². The highest BCUT2D eigenvalue weighted by Crippen LogP contribution is 2.26. The highest BCUT2D eigenvalue weighted by molar-refractivity contribution is 7.17. The van der Waals surface area contributed by atoms with Crippen LogP contribution in [-0.2, 0) is 11.2 Å². The van der Waals surface area contributed by atoms with E-state index in [1.165, 1.54) is 10.1 Å². The zero-order valence-corrected chi connectivity index (χ0v) is 8.38. The molecular weight excluding hydrogens is 208 g/mol. The van der Waals surface area contributed by atoms with E-state index in [1.807, 2.05) is 23.6 Å². The third-order valence-corrected chi connectivity index (χ3v) is 3.18. The molecule has 0 spiro atoms. The van der Waals surface area contributed by atoms with E-state index in [-0.39, 0.29) is 13.8 Å². The fourth-order valence-corrected chi connectivity index (χ4v) is 2.47. The maximum atomic E-state index is 10.4. The molecule has 0 fully saturated rings. The van der Waals surface area contributed by atoms with Gasteiger partial charge in [-0.3, -0.25) is 4.79 Å². The zero-order valence-electron chi connectivity index (χ0n) is 7.56. The Labute approximate surface area is 93.2 Å². The van der Waals surface area contributed by atoms with Crippen LogP contribution in [-0.4, -0.2) is 11.1 Å². The summed E-state index contributed by atoms with van der Waals surface area (Å²) in [6.45, 7) is 0. The number of carboxylic acids is 1. The molecule has 0 radical (unpaired) electrons. The molecule has 15 heavy (non-hydrogen) atoms. The number of benzene rings is 1. The van der Waals surface area contributed by atoms with E-state index in [9.17, 15) is 4.79 Å². The Morgan fingerprint density at radius 2 is 2.07 bits per heavy atom. The molecule has 3 heteroatoms. The van der Waals surface area contributed by atoms with E-state index in [0.717, 1.165) is 5.56 Å². The largest absolute Gasteiger partial charge is 0.481 e. The van der Waals surface area contributed by atoms with Crippen molar-refractivity contribution in [1.82, 2.24) is 0 Å². The van der Waals surface area contributed by atoms with Gasteiger partial charge in [-0.25, -0.2) is 0 Å². The quantitative estimate of drug-likeness (QED) is 0.862. The van der Waals surface area contributed by atoms with Crippen LogP contribution in [0.3, 0.4) is 0 Å². The highest BCUT2D eigenvalue weighted by atomic mass is 32.1. The first-order chi connectivity index (χ1) is 6.77. The summed E-state index contributed by atoms with van der Waals surface area (Å²) in [6, 6.07) is 8.09. The molecule has 2 nitrogen and oxygen atoms in total. The number of hydrogen-bond acceptors (Lipinski definition) is 2. The van der Waals surface area contributed by atoms with Crippen LogP contribution < -0.4 is 0 Å². The molecule has 1 aromatic heterocycles. The van der Waals surface area contributed by atoms with E-state index in [1.54, 1.807) is 11.3 Å². The molecule has 0 aliphatic rings. The SMILES string of the molecule is C.O=C(O)CCc1csc2ccccc12. The lowest BCUT2D eigenvalue weighted by atomic mass is 10.1. The van der Waals surface area contributed by atoms with Gasteiger partial charge in [-0.1, -0.05) is 25.6 Å². The molecule has 0 saturated heterocycles. The van der Waals surface area contributed by atoms with Gasteiger partial charge in [0.15, 0.2) is 0 Å². The minimum atomic E-state index is -0.736. The van der Waals surface area contributed by atoms with Crippen molar-refractivity contribution in [1.29, 1.82) is 0 Å². The minimum Gasteiger partial charge on any atom is -0.481 e. The number of carbonyl (C=O) groups is 1. The predicted molar refractivity (Wildman–Crippen MR) is 64.5 cm³/mol. The van der Waals surface area contributed by atoms with Gasteiger partial charge in [0.05, 0.1) is 0 Å². The Hall–Kier alpha value is -1.35. The second-order valence-corrected chi connectivity index (χ2v) is 4.06. The molecule has 0 bridgehead atoms. The van der Waals surface area contributed by atoms with Crippen LogP contribution in [0.1, 0.15) is 19.4 Å². The van der Waals surface area contributed by atoms with E-state index in [2.05, 4.69) is 6.07 Å². The lowest BCUT2D eigenvalue weighted by Gasteiger charge is -1.95. The van der Waals surface area contributed by atoms with Crippen molar-refractivity contribution in [3.05, 3.63) is 35.2 Å². The topological polar surface area (TPSA) is 37.3 Å². The maximum Gasteiger partial charge on any atom is 0.303 e. The van der Waals surface area contributed by atoms with Crippen LogP contribution in [0.25, 0.3) is 10.1 Å². The third kappa shape index (κ3) is 2.57. The van der Waals surface area contributed by atoms with Gasteiger partial charge >= 0.3 is 5.97 Å². The first-order valence-electron chi connectivity index (χ1n) is 4.44. The highest BCUT2D eigenvalue weighted by Gasteiger charge is 2.04. The Morgan fingerprint density at radius 3 is 2.80 bits per heavy atom. The van der Waals surface area contributed by atoms with Gasteiger partial charge in [-0.2, -0.15) is 0 Å². The Bertz CT molecular complexity index is 459. The van der Waals surface area contributed by atoms with Crippen LogP contribution >= 0.6 is 11.3 Å². The molecule has 80 valence electrons. The van der Waals surface area contributed by atoms with Gasteiger partial charge in [0.25, 0.3) is 0 Å². The Kier molecular flexibility index (Phi) is 3.86. The number of rotatable bonds is 3. The summed E-state index contributed by atoms with van der Waals surface area (Å²) in [5, 5.41) is 11.8. The first-order valence-corrected chi connectivity index (χ1v) is 5.32. The molecule has 0 aliphatic carbocycles. The molecule has 0 unspecified atom stereocenters. The molecule has 1 heterocycles. The summed E-state index contributed by atoms with van der Waals surface area (Å²) < 4.78 is 1.23. The van der Waals surface area contributed by atoms with Crippen LogP contribution in [0.4, 0.5) is 0 Å². The molecular formula is C12H14O2S. The predicted octanol–water partition coefficient (Wildman–Crippen LogP) is 3.55. The monoisotopic (exact) mass is 222 g/mol. The van der Waals surface area contributed by atoms with Gasteiger partial charge in [-0.15, -0.1) is 11.3 Å². The van der Waals surface area contributed by atoms with Crippen molar-refractivity contribution in [3.63, 3.8) is 0 Å². The van der Waals surface area contributed by atoms with Gasteiger partial charge < -0.3 is 5.11 Å². The lowest BCUT2D eigenvalue weighted by Crippen LogP contribution is -1.96. The number of aliphatic carboxylic acids is 1. The molecule has 0 saturated carbocycles. The van der Waals surface area contributed by atoms with Crippen molar-refractivity contribution in [3.8, 4) is 0 Å². The van der Waals surface area contributed by atoms with Crippen molar-refractivity contribution in [2.75, 3.05) is 0 Å². The first kappa shape index (κ1) is 11.7. The summed E-state index contributed by atoms with van der Waals surface area (Å²) in [5.74, 6) is -0.736. The lowest BCUT2D eigenvalue weighted by molar-refractivity contribution is -0.136. The zero-order chi connectivity index (χ0) is 9.97. The number of fused-ring (bicyclic) bond motifs is 1. The fraction of sp³-hybridized carbons (Fsp3) is 0.250. The number of carboxylic acid groups (broad SMARTS) is 1. The molecule has 0 aliphatic heterocycles. The second kappa shape index (κ2) is 4.94. The molecule has 1 aromatic carbocycles. The summed E-state index contributed by atoms with van der Waals surface area (Å²) in [6.07, 6.45) is 0.833. The third-order valence-electron chi connectivity index (χ3n) is 2.17. The van der Waals surface area contributed by atoms with Crippen LogP contribution in [0.2, 0.25) is 0 Å². The van der Waals surface area contributed by atoms with E-state index < -0.39 is 5.97 Å². The molecule has 2 rings (SSSR count). The summed E-state index contributed by atoms with van der Waals surface area (Å²) in [7, 11) is 0. The molecule has 0 amide bonds. The molecule has 0 atom stereocenters. The number of thiophene rings is 1. The average Bonchev–Trinajstić information content (AvgIpc) is 2.58. The summed E-state index contributed by atoms with van der Waals surface area (Å²) in [4.78, 5) is 10.4.